The molecule has 0 fully saturated rings. The average Bonchev–Trinajstić information content (AvgIpc) is 2.63. The minimum Gasteiger partial charge on any atom is -0.324 e. The Morgan fingerprint density at radius 3 is 2.21 bits per heavy atom. The molecule has 0 radical (unpaired) electrons. The van der Waals surface area contributed by atoms with Gasteiger partial charge in [0.05, 0.1) is 4.92 Å². The molecule has 0 N–H and O–H groups in total. The van der Waals surface area contributed by atoms with E-state index in [2.05, 4.69) is 0 Å². The van der Waals surface area contributed by atoms with Gasteiger partial charge in [0.2, 0.25) is 0 Å². The number of allylic oxidation sites excluding steroid dienone is 2. The van der Waals surface area contributed by atoms with Gasteiger partial charge in [-0.25, -0.2) is 0 Å². The highest BCUT2D eigenvalue weighted by Gasteiger charge is 2.15. The number of ketones is 1. The number of rotatable bonds is 5. The zero-order valence-electron chi connectivity index (χ0n) is 12.9. The third-order valence-electron chi connectivity index (χ3n) is 3.86. The fourth-order valence-corrected chi connectivity index (χ4v) is 2.53. The lowest BCUT2D eigenvalue weighted by Crippen LogP contribution is -2.14. The van der Waals surface area contributed by atoms with E-state index in [0.717, 1.165) is 5.69 Å². The van der Waals surface area contributed by atoms with Gasteiger partial charge in [-0.15, -0.1) is 0 Å². The predicted octanol–water partition coefficient (Wildman–Crippen LogP) is 4.33. The van der Waals surface area contributed by atoms with Gasteiger partial charge in [-0.3, -0.25) is 14.9 Å². The van der Waals surface area contributed by atoms with Crippen LogP contribution in [-0.2, 0) is 0 Å². The number of carbonyl (C=O) groups is 1. The molecule has 1 heterocycles. The Morgan fingerprint density at radius 1 is 1.00 bits per heavy atom. The number of anilines is 1. The van der Waals surface area contributed by atoms with E-state index in [0.29, 0.717) is 12.0 Å². The summed E-state index contributed by atoms with van der Waals surface area (Å²) in [6.07, 6.45) is 8.20. The van der Waals surface area contributed by atoms with Crippen LogP contribution in [-0.4, -0.2) is 10.7 Å². The Kier molecular flexibility index (Phi) is 4.52. The Balaban J connectivity index is 1.62. The summed E-state index contributed by atoms with van der Waals surface area (Å²) in [4.78, 5) is 24.5. The van der Waals surface area contributed by atoms with Crippen molar-refractivity contribution in [3.8, 4) is 0 Å². The monoisotopic (exact) mass is 320 g/mol. The van der Waals surface area contributed by atoms with Crippen LogP contribution in [0.5, 0.6) is 0 Å². The minimum absolute atomic E-state index is 0.0116. The second-order valence-electron chi connectivity index (χ2n) is 5.52. The molecule has 0 bridgehead atoms. The van der Waals surface area contributed by atoms with Crippen LogP contribution in [0.15, 0.2) is 79.1 Å². The van der Waals surface area contributed by atoms with E-state index in [9.17, 15) is 14.9 Å². The van der Waals surface area contributed by atoms with Crippen molar-refractivity contribution in [2.75, 3.05) is 4.90 Å². The van der Waals surface area contributed by atoms with Gasteiger partial charge in [0, 0.05) is 48.1 Å². The van der Waals surface area contributed by atoms with Crippen molar-refractivity contribution in [3.63, 3.8) is 0 Å². The summed E-state index contributed by atoms with van der Waals surface area (Å²) in [7, 11) is 0. The van der Waals surface area contributed by atoms with E-state index in [1.54, 1.807) is 0 Å². The predicted molar refractivity (Wildman–Crippen MR) is 92.7 cm³/mol. The van der Waals surface area contributed by atoms with Gasteiger partial charge in [0.15, 0.2) is 5.78 Å². The van der Waals surface area contributed by atoms with Crippen molar-refractivity contribution in [2.45, 2.75) is 6.42 Å². The van der Waals surface area contributed by atoms with Crippen molar-refractivity contribution in [1.29, 1.82) is 0 Å². The maximum Gasteiger partial charge on any atom is 0.269 e. The molecule has 2 aromatic rings. The number of carbonyl (C=O) groups excluding carboxylic acids is 1. The smallest absolute Gasteiger partial charge is 0.269 e. The fraction of sp³-hybridized carbons (Fsp3) is 0.105. The minimum atomic E-state index is -0.473. The molecule has 1 aliphatic heterocycles. The second-order valence-corrected chi connectivity index (χ2v) is 5.52. The molecule has 1 aliphatic rings. The van der Waals surface area contributed by atoms with Crippen molar-refractivity contribution in [3.05, 3.63) is 94.8 Å². The van der Waals surface area contributed by atoms with Gasteiger partial charge >= 0.3 is 0 Å². The lowest BCUT2D eigenvalue weighted by molar-refractivity contribution is -0.384. The van der Waals surface area contributed by atoms with Crippen molar-refractivity contribution in [2.24, 2.45) is 5.92 Å². The van der Waals surface area contributed by atoms with Crippen LogP contribution < -0.4 is 4.90 Å². The molecule has 0 unspecified atom stereocenters. The molecule has 5 heteroatoms. The zero-order chi connectivity index (χ0) is 16.9. The Hall–Kier alpha value is -3.21. The summed E-state index contributed by atoms with van der Waals surface area (Å²) in [5, 5.41) is 10.6. The van der Waals surface area contributed by atoms with E-state index in [1.165, 1.54) is 24.3 Å². The van der Waals surface area contributed by atoms with E-state index in [4.69, 9.17) is 0 Å². The molecule has 0 aromatic heterocycles. The number of benzene rings is 2. The topological polar surface area (TPSA) is 63.5 Å². The van der Waals surface area contributed by atoms with Gasteiger partial charge in [-0.1, -0.05) is 30.4 Å². The number of hydrogen-bond acceptors (Lipinski definition) is 4. The van der Waals surface area contributed by atoms with Crippen LogP contribution in [0.25, 0.3) is 0 Å². The summed E-state index contributed by atoms with van der Waals surface area (Å²) in [6.45, 7) is 0. The normalized spacial score (nSPS) is 13.9. The van der Waals surface area contributed by atoms with Crippen molar-refractivity contribution < 1.29 is 9.72 Å². The summed E-state index contributed by atoms with van der Waals surface area (Å²) >= 11 is 0. The van der Waals surface area contributed by atoms with E-state index < -0.39 is 4.92 Å². The lowest BCUT2D eigenvalue weighted by Gasteiger charge is -2.21. The number of nitro groups is 1. The third kappa shape index (κ3) is 3.57. The van der Waals surface area contributed by atoms with E-state index in [1.807, 2.05) is 59.8 Å². The quantitative estimate of drug-likeness (QED) is 0.467. The SMILES string of the molecule is O=C(CC1C=CN(c2ccccc2)C=C1)c1ccc([N+](=O)[O-])cc1. The number of hydrogen-bond donors (Lipinski definition) is 0. The molecule has 0 saturated carbocycles. The van der Waals surface area contributed by atoms with Gasteiger partial charge in [0.25, 0.3) is 5.69 Å². The number of nitro benzene ring substituents is 1. The van der Waals surface area contributed by atoms with Gasteiger partial charge in [-0.2, -0.15) is 0 Å². The van der Waals surface area contributed by atoms with Gasteiger partial charge < -0.3 is 4.90 Å². The maximum atomic E-state index is 12.3. The van der Waals surface area contributed by atoms with Crippen LogP contribution in [0, 0.1) is 16.0 Å². The molecule has 0 amide bonds. The third-order valence-corrected chi connectivity index (χ3v) is 3.86. The first-order chi connectivity index (χ1) is 11.6. The summed E-state index contributed by atoms with van der Waals surface area (Å²) < 4.78 is 0. The average molecular weight is 320 g/mol. The Bertz CT molecular complexity index is 781. The van der Waals surface area contributed by atoms with Crippen LogP contribution in [0.3, 0.4) is 0 Å². The molecule has 2 aromatic carbocycles. The fourth-order valence-electron chi connectivity index (χ4n) is 2.53. The maximum absolute atomic E-state index is 12.3. The van der Waals surface area contributed by atoms with Gasteiger partial charge in [-0.05, 0) is 24.3 Å². The zero-order valence-corrected chi connectivity index (χ0v) is 12.9. The van der Waals surface area contributed by atoms with Gasteiger partial charge in [0.1, 0.15) is 0 Å². The summed E-state index contributed by atoms with van der Waals surface area (Å²) in [5.74, 6) is -0.00925. The first kappa shape index (κ1) is 15.7. The molecule has 24 heavy (non-hydrogen) atoms. The molecule has 3 rings (SSSR count). The molecular weight excluding hydrogens is 304 g/mol. The summed E-state index contributed by atoms with van der Waals surface area (Å²) in [6, 6.07) is 15.7. The van der Waals surface area contributed by atoms with Crippen LogP contribution in [0.2, 0.25) is 0 Å². The number of Topliss-reactive ketones (excluding diaryl/α,β-unsaturated/α-hetero) is 1. The van der Waals surface area contributed by atoms with Crippen molar-refractivity contribution >= 4 is 17.2 Å². The molecular formula is C19H16N2O3. The standard InChI is InChI=1S/C19H16N2O3/c22-19(16-6-8-18(9-7-16)21(23)24)14-15-10-12-20(13-11-15)17-4-2-1-3-5-17/h1-13,15H,14H2. The van der Waals surface area contributed by atoms with Crippen LogP contribution >= 0.6 is 0 Å². The van der Waals surface area contributed by atoms with Crippen LogP contribution in [0.4, 0.5) is 11.4 Å². The largest absolute Gasteiger partial charge is 0.324 e. The first-order valence-electron chi connectivity index (χ1n) is 7.61. The second kappa shape index (κ2) is 6.91. The highest BCUT2D eigenvalue weighted by Crippen LogP contribution is 2.22. The molecule has 0 spiro atoms. The van der Waals surface area contributed by atoms with E-state index >= 15 is 0 Å². The van der Waals surface area contributed by atoms with E-state index in [-0.39, 0.29) is 17.4 Å². The number of nitrogens with zero attached hydrogens (tertiary/aromatic N) is 2. The number of para-hydroxylation sites is 1. The number of non-ortho nitro benzene ring substituents is 1. The Morgan fingerprint density at radius 2 is 1.62 bits per heavy atom. The molecule has 0 saturated heterocycles. The molecule has 0 atom stereocenters. The first-order valence-corrected chi connectivity index (χ1v) is 7.61. The Labute approximate surface area is 139 Å². The molecule has 5 nitrogen and oxygen atoms in total. The van der Waals surface area contributed by atoms with Crippen LogP contribution in [0.1, 0.15) is 16.8 Å². The van der Waals surface area contributed by atoms with Crippen molar-refractivity contribution in [1.82, 2.24) is 0 Å². The molecule has 0 aliphatic carbocycles. The lowest BCUT2D eigenvalue weighted by atomic mass is 9.96. The summed E-state index contributed by atoms with van der Waals surface area (Å²) in [5.41, 5.74) is 1.54. The highest BCUT2D eigenvalue weighted by atomic mass is 16.6. The molecule has 120 valence electrons. The highest BCUT2D eigenvalue weighted by molar-refractivity contribution is 5.96.